The van der Waals surface area contributed by atoms with Gasteiger partial charge in [-0.2, -0.15) is 0 Å². The van der Waals surface area contributed by atoms with Gasteiger partial charge in [0.05, 0.1) is 0 Å². The Hall–Kier alpha value is -0.0800. The van der Waals surface area contributed by atoms with Gasteiger partial charge in [-0.3, -0.25) is 0 Å². The number of hydrogen-bond donors (Lipinski definition) is 1. The van der Waals surface area contributed by atoms with E-state index in [9.17, 15) is 0 Å². The van der Waals surface area contributed by atoms with Crippen LogP contribution in [0.25, 0.3) is 0 Å². The van der Waals surface area contributed by atoms with Crippen LogP contribution in [0.4, 0.5) is 0 Å². The van der Waals surface area contributed by atoms with Gasteiger partial charge in [0.25, 0.3) is 0 Å². The molecule has 2 N–H and O–H groups in total. The number of likely N-dealkylation sites (tertiary alicyclic amines) is 1. The SMILES string of the molecule is CCCC1CCCN(CC2CCCCCC2N)CC1. The van der Waals surface area contributed by atoms with Crippen LogP contribution in [-0.4, -0.2) is 30.6 Å². The number of nitrogens with zero attached hydrogens (tertiary/aromatic N) is 1. The second-order valence-corrected chi connectivity index (χ2v) is 6.95. The highest BCUT2D eigenvalue weighted by molar-refractivity contribution is 4.80. The summed E-state index contributed by atoms with van der Waals surface area (Å²) in [5, 5.41) is 0. The number of nitrogens with two attached hydrogens (primary N) is 1. The minimum Gasteiger partial charge on any atom is -0.327 e. The van der Waals surface area contributed by atoms with Gasteiger partial charge >= 0.3 is 0 Å². The molecule has 2 rings (SSSR count). The lowest BCUT2D eigenvalue weighted by molar-refractivity contribution is 0.210. The zero-order chi connectivity index (χ0) is 13.5. The van der Waals surface area contributed by atoms with Gasteiger partial charge in [0.2, 0.25) is 0 Å². The molecule has 0 spiro atoms. The van der Waals surface area contributed by atoms with Crippen molar-refractivity contribution < 1.29 is 0 Å². The van der Waals surface area contributed by atoms with Crippen molar-refractivity contribution in [3.63, 3.8) is 0 Å². The molecule has 0 amide bonds. The molecule has 112 valence electrons. The molecule has 1 saturated heterocycles. The monoisotopic (exact) mass is 266 g/mol. The van der Waals surface area contributed by atoms with Crippen LogP contribution in [0, 0.1) is 11.8 Å². The molecule has 2 nitrogen and oxygen atoms in total. The Morgan fingerprint density at radius 1 is 0.947 bits per heavy atom. The number of hydrogen-bond acceptors (Lipinski definition) is 2. The highest BCUT2D eigenvalue weighted by Crippen LogP contribution is 2.26. The molecule has 1 aliphatic carbocycles. The first-order valence-corrected chi connectivity index (χ1v) is 8.77. The third kappa shape index (κ3) is 5.07. The topological polar surface area (TPSA) is 29.3 Å². The average molecular weight is 266 g/mol. The molecule has 3 atom stereocenters. The Morgan fingerprint density at radius 3 is 2.63 bits per heavy atom. The normalized spacial score (nSPS) is 34.7. The van der Waals surface area contributed by atoms with Gasteiger partial charge in [-0.25, -0.2) is 0 Å². The maximum atomic E-state index is 6.38. The van der Waals surface area contributed by atoms with Crippen molar-refractivity contribution in [2.75, 3.05) is 19.6 Å². The Labute approximate surface area is 120 Å². The summed E-state index contributed by atoms with van der Waals surface area (Å²) in [6, 6.07) is 0.470. The molecule has 0 bridgehead atoms. The predicted octanol–water partition coefficient (Wildman–Crippen LogP) is 3.80. The fraction of sp³-hybridized carbons (Fsp3) is 1.00. The molecule has 1 aliphatic heterocycles. The molecule has 1 heterocycles. The van der Waals surface area contributed by atoms with Gasteiger partial charge in [-0.05, 0) is 57.0 Å². The van der Waals surface area contributed by atoms with Crippen LogP contribution < -0.4 is 5.73 Å². The lowest BCUT2D eigenvalue weighted by Gasteiger charge is -2.29. The van der Waals surface area contributed by atoms with E-state index in [0.717, 1.165) is 11.8 Å². The van der Waals surface area contributed by atoms with Crippen LogP contribution in [0.1, 0.15) is 71.1 Å². The van der Waals surface area contributed by atoms with Crippen LogP contribution in [0.15, 0.2) is 0 Å². The van der Waals surface area contributed by atoms with Gasteiger partial charge in [-0.1, -0.05) is 39.0 Å². The number of rotatable bonds is 4. The standard InChI is InChI=1S/C17H34N2/c1-2-7-15-8-6-12-19(13-11-15)14-16-9-4-3-5-10-17(16)18/h15-17H,2-14,18H2,1H3. The molecule has 0 aromatic rings. The first-order valence-electron chi connectivity index (χ1n) is 8.77. The Bertz CT molecular complexity index is 241. The highest BCUT2D eigenvalue weighted by atomic mass is 15.1. The van der Waals surface area contributed by atoms with E-state index in [-0.39, 0.29) is 0 Å². The van der Waals surface area contributed by atoms with E-state index in [1.165, 1.54) is 83.8 Å². The molecule has 2 fully saturated rings. The maximum absolute atomic E-state index is 6.38. The average Bonchev–Trinajstić information content (AvgIpc) is 2.73. The van der Waals surface area contributed by atoms with E-state index < -0.39 is 0 Å². The van der Waals surface area contributed by atoms with Crippen LogP contribution in [-0.2, 0) is 0 Å². The second-order valence-electron chi connectivity index (χ2n) is 6.95. The third-order valence-corrected chi connectivity index (χ3v) is 5.35. The van der Waals surface area contributed by atoms with Crippen molar-refractivity contribution in [3.8, 4) is 0 Å². The predicted molar refractivity (Wildman–Crippen MR) is 83.2 cm³/mol. The molecule has 0 aromatic heterocycles. The van der Waals surface area contributed by atoms with Crippen molar-refractivity contribution >= 4 is 0 Å². The van der Waals surface area contributed by atoms with E-state index in [1.54, 1.807) is 0 Å². The summed E-state index contributed by atoms with van der Waals surface area (Å²) in [6.07, 6.45) is 13.9. The van der Waals surface area contributed by atoms with Gasteiger partial charge in [0.1, 0.15) is 0 Å². The summed E-state index contributed by atoms with van der Waals surface area (Å²) in [7, 11) is 0. The quantitative estimate of drug-likeness (QED) is 0.784. The van der Waals surface area contributed by atoms with Crippen LogP contribution in [0.5, 0.6) is 0 Å². The van der Waals surface area contributed by atoms with Gasteiger partial charge in [0.15, 0.2) is 0 Å². The van der Waals surface area contributed by atoms with Gasteiger partial charge < -0.3 is 10.6 Å². The largest absolute Gasteiger partial charge is 0.327 e. The molecule has 0 radical (unpaired) electrons. The zero-order valence-corrected chi connectivity index (χ0v) is 12.9. The lowest BCUT2D eigenvalue weighted by Crippen LogP contribution is -2.39. The molecule has 2 aliphatic rings. The first-order chi connectivity index (χ1) is 9.29. The van der Waals surface area contributed by atoms with Crippen molar-refractivity contribution in [2.24, 2.45) is 17.6 Å². The molecular weight excluding hydrogens is 232 g/mol. The summed E-state index contributed by atoms with van der Waals surface area (Å²) in [6.45, 7) is 6.25. The van der Waals surface area contributed by atoms with E-state index >= 15 is 0 Å². The first kappa shape index (κ1) is 15.3. The smallest absolute Gasteiger partial charge is 0.00793 e. The summed E-state index contributed by atoms with van der Waals surface area (Å²) in [5.74, 6) is 1.77. The third-order valence-electron chi connectivity index (χ3n) is 5.35. The van der Waals surface area contributed by atoms with Crippen LogP contribution in [0.3, 0.4) is 0 Å². The lowest BCUT2D eigenvalue weighted by atomic mass is 9.94. The molecule has 1 saturated carbocycles. The Balaban J connectivity index is 1.78. The zero-order valence-electron chi connectivity index (χ0n) is 12.9. The van der Waals surface area contributed by atoms with Crippen molar-refractivity contribution in [3.05, 3.63) is 0 Å². The summed E-state index contributed by atoms with van der Waals surface area (Å²) in [5.41, 5.74) is 6.38. The molecular formula is C17H34N2. The summed E-state index contributed by atoms with van der Waals surface area (Å²) >= 11 is 0. The van der Waals surface area contributed by atoms with E-state index in [4.69, 9.17) is 5.73 Å². The fourth-order valence-electron chi connectivity index (χ4n) is 4.08. The molecule has 3 unspecified atom stereocenters. The highest BCUT2D eigenvalue weighted by Gasteiger charge is 2.24. The Kier molecular flexibility index (Phi) is 6.66. The van der Waals surface area contributed by atoms with Gasteiger partial charge in [-0.15, -0.1) is 0 Å². The summed E-state index contributed by atoms with van der Waals surface area (Å²) in [4.78, 5) is 2.73. The molecule has 0 aromatic carbocycles. The fourth-order valence-corrected chi connectivity index (χ4v) is 4.08. The van der Waals surface area contributed by atoms with Crippen molar-refractivity contribution in [2.45, 2.75) is 77.2 Å². The summed E-state index contributed by atoms with van der Waals surface area (Å²) < 4.78 is 0. The maximum Gasteiger partial charge on any atom is 0.00793 e. The van der Waals surface area contributed by atoms with E-state index in [0.29, 0.717) is 6.04 Å². The Morgan fingerprint density at radius 2 is 1.79 bits per heavy atom. The molecule has 19 heavy (non-hydrogen) atoms. The van der Waals surface area contributed by atoms with Crippen molar-refractivity contribution in [1.29, 1.82) is 0 Å². The van der Waals surface area contributed by atoms with Gasteiger partial charge in [0, 0.05) is 12.6 Å². The van der Waals surface area contributed by atoms with Crippen LogP contribution in [0.2, 0.25) is 0 Å². The van der Waals surface area contributed by atoms with E-state index in [2.05, 4.69) is 11.8 Å². The molecule has 2 heteroatoms. The second kappa shape index (κ2) is 8.26. The minimum atomic E-state index is 0.470. The van der Waals surface area contributed by atoms with Crippen molar-refractivity contribution in [1.82, 2.24) is 4.90 Å². The van der Waals surface area contributed by atoms with Crippen LogP contribution >= 0.6 is 0 Å². The minimum absolute atomic E-state index is 0.470. The van der Waals surface area contributed by atoms with E-state index in [1.807, 2.05) is 0 Å².